The summed E-state index contributed by atoms with van der Waals surface area (Å²) in [5.41, 5.74) is 7.00. The summed E-state index contributed by atoms with van der Waals surface area (Å²) in [5, 5.41) is 8.78. The molecular weight excluding hydrogens is 470 g/mol. The Morgan fingerprint density at radius 2 is 1.57 bits per heavy atom. The van der Waals surface area contributed by atoms with E-state index in [1.165, 1.54) is 19.3 Å². The number of alkyl halides is 2. The van der Waals surface area contributed by atoms with E-state index in [1.54, 1.807) is 0 Å². The van der Waals surface area contributed by atoms with Gasteiger partial charge in [0.25, 0.3) is 5.92 Å². The van der Waals surface area contributed by atoms with E-state index in [2.05, 4.69) is 55.3 Å². The first kappa shape index (κ1) is 24.1. The molecule has 0 atom stereocenters. The summed E-state index contributed by atoms with van der Waals surface area (Å²) in [6.45, 7) is 4.65. The van der Waals surface area contributed by atoms with Gasteiger partial charge in [-0.2, -0.15) is 5.10 Å². The quantitative estimate of drug-likeness (QED) is 0.356. The Labute approximate surface area is 215 Å². The molecule has 2 aliphatic heterocycles. The molecule has 1 N–H and O–H groups in total. The monoisotopic (exact) mass is 502 g/mol. The molecule has 8 heteroatoms. The van der Waals surface area contributed by atoms with Crippen molar-refractivity contribution in [3.05, 3.63) is 66.2 Å². The molecule has 6 rings (SSSR count). The Hall–Kier alpha value is -3.23. The van der Waals surface area contributed by atoms with Crippen LogP contribution < -0.4 is 0 Å². The number of fused-ring (bicyclic) bond motifs is 1. The van der Waals surface area contributed by atoms with Crippen LogP contribution >= 0.6 is 0 Å². The number of likely N-dealkylation sites (tertiary alicyclic amines) is 2. The molecule has 3 aromatic heterocycles. The second kappa shape index (κ2) is 10.3. The van der Waals surface area contributed by atoms with Gasteiger partial charge in [-0.15, -0.1) is 0 Å². The molecule has 0 spiro atoms. The summed E-state index contributed by atoms with van der Waals surface area (Å²) < 4.78 is 27.0. The van der Waals surface area contributed by atoms with E-state index >= 15 is 0 Å². The molecule has 0 amide bonds. The molecule has 192 valence electrons. The van der Waals surface area contributed by atoms with E-state index in [0.717, 1.165) is 64.2 Å². The molecule has 0 saturated carbocycles. The molecule has 1 aromatic carbocycles. The lowest BCUT2D eigenvalue weighted by molar-refractivity contribution is -0.0566. The number of H-pyrrole nitrogens is 1. The number of pyridine rings is 2. The standard InChI is InChI=1S/C29H32F2N6/c30-29(31)8-12-37(13-9-29)19-21-14-24(17-32-16-21)22-5-7-27-26(15-22)28(35-34-27)23-4-6-25(33-18-23)20-36-10-2-1-3-11-36/h4-7,14-18H,1-3,8-13,19-20H2,(H,34,35). The molecule has 0 aliphatic carbocycles. The zero-order valence-corrected chi connectivity index (χ0v) is 21.0. The van der Waals surface area contributed by atoms with Crippen LogP contribution in [0.25, 0.3) is 33.3 Å². The van der Waals surface area contributed by atoms with Gasteiger partial charge in [-0.1, -0.05) is 12.5 Å². The Morgan fingerprint density at radius 1 is 0.784 bits per heavy atom. The molecule has 37 heavy (non-hydrogen) atoms. The highest BCUT2D eigenvalue weighted by Gasteiger charge is 2.33. The second-order valence-corrected chi connectivity index (χ2v) is 10.4. The first-order chi connectivity index (χ1) is 18.0. The Balaban J connectivity index is 1.20. The van der Waals surface area contributed by atoms with Crippen LogP contribution in [-0.2, 0) is 13.1 Å². The summed E-state index contributed by atoms with van der Waals surface area (Å²) in [7, 11) is 0. The molecule has 2 aliphatic rings. The van der Waals surface area contributed by atoms with Crippen LogP contribution in [0, 0.1) is 0 Å². The minimum Gasteiger partial charge on any atom is -0.299 e. The normalized spacial score (nSPS) is 18.9. The highest BCUT2D eigenvalue weighted by Crippen LogP contribution is 2.32. The van der Waals surface area contributed by atoms with Crippen molar-refractivity contribution in [2.75, 3.05) is 26.2 Å². The Morgan fingerprint density at radius 3 is 2.35 bits per heavy atom. The number of benzene rings is 1. The average Bonchev–Trinajstić information content (AvgIpc) is 3.35. The highest BCUT2D eigenvalue weighted by molar-refractivity contribution is 5.95. The van der Waals surface area contributed by atoms with E-state index in [1.807, 2.05) is 24.7 Å². The van der Waals surface area contributed by atoms with Crippen LogP contribution in [0.4, 0.5) is 8.78 Å². The van der Waals surface area contributed by atoms with Crippen molar-refractivity contribution >= 4 is 10.9 Å². The van der Waals surface area contributed by atoms with E-state index in [4.69, 9.17) is 4.98 Å². The maximum Gasteiger partial charge on any atom is 0.250 e. The summed E-state index contributed by atoms with van der Waals surface area (Å²) in [6.07, 6.45) is 9.33. The minimum absolute atomic E-state index is 0.0753. The molecule has 5 heterocycles. The molecule has 0 bridgehead atoms. The van der Waals surface area contributed by atoms with E-state index in [-0.39, 0.29) is 12.8 Å². The van der Waals surface area contributed by atoms with Gasteiger partial charge in [-0.05, 0) is 67.4 Å². The third-order valence-electron chi connectivity index (χ3n) is 7.62. The summed E-state index contributed by atoms with van der Waals surface area (Å²) in [4.78, 5) is 13.7. The zero-order chi connectivity index (χ0) is 25.2. The highest BCUT2D eigenvalue weighted by atomic mass is 19.3. The van der Waals surface area contributed by atoms with Crippen molar-refractivity contribution in [1.82, 2.24) is 30.0 Å². The number of nitrogens with one attached hydrogen (secondary N) is 1. The predicted molar refractivity (Wildman–Crippen MR) is 141 cm³/mol. The van der Waals surface area contributed by atoms with Crippen LogP contribution in [0.1, 0.15) is 43.4 Å². The molecule has 2 fully saturated rings. The van der Waals surface area contributed by atoms with Gasteiger partial charge in [-0.25, -0.2) is 8.78 Å². The first-order valence-corrected chi connectivity index (χ1v) is 13.2. The lowest BCUT2D eigenvalue weighted by Crippen LogP contribution is -2.38. The number of nitrogens with zero attached hydrogens (tertiary/aromatic N) is 5. The lowest BCUT2D eigenvalue weighted by atomic mass is 10.0. The van der Waals surface area contributed by atoms with Crippen molar-refractivity contribution in [3.63, 3.8) is 0 Å². The largest absolute Gasteiger partial charge is 0.299 e. The topological polar surface area (TPSA) is 60.9 Å². The van der Waals surface area contributed by atoms with Gasteiger partial charge in [0.2, 0.25) is 0 Å². The number of piperidine rings is 2. The van der Waals surface area contributed by atoms with Gasteiger partial charge >= 0.3 is 0 Å². The van der Waals surface area contributed by atoms with E-state index in [9.17, 15) is 8.78 Å². The number of hydrogen-bond acceptors (Lipinski definition) is 5. The van der Waals surface area contributed by atoms with Crippen molar-refractivity contribution < 1.29 is 8.78 Å². The lowest BCUT2D eigenvalue weighted by Gasteiger charge is -2.31. The van der Waals surface area contributed by atoms with Crippen molar-refractivity contribution in [3.8, 4) is 22.4 Å². The molecule has 4 aromatic rings. The van der Waals surface area contributed by atoms with Gasteiger partial charge in [0.05, 0.1) is 11.2 Å². The van der Waals surface area contributed by atoms with E-state index in [0.29, 0.717) is 19.6 Å². The van der Waals surface area contributed by atoms with Crippen LogP contribution in [0.2, 0.25) is 0 Å². The number of hydrogen-bond donors (Lipinski definition) is 1. The average molecular weight is 503 g/mol. The fourth-order valence-electron chi connectivity index (χ4n) is 5.45. The predicted octanol–water partition coefficient (Wildman–Crippen LogP) is 5.90. The van der Waals surface area contributed by atoms with Crippen LogP contribution in [0.15, 0.2) is 55.0 Å². The molecule has 6 nitrogen and oxygen atoms in total. The fourth-order valence-corrected chi connectivity index (χ4v) is 5.45. The Kier molecular flexibility index (Phi) is 6.69. The number of halogens is 2. The fraction of sp³-hybridized carbons (Fsp3) is 0.414. The summed E-state index contributed by atoms with van der Waals surface area (Å²) in [6, 6.07) is 12.6. The smallest absolute Gasteiger partial charge is 0.250 e. The van der Waals surface area contributed by atoms with Gasteiger partial charge in [0.1, 0.15) is 5.69 Å². The molecule has 0 unspecified atom stereocenters. The van der Waals surface area contributed by atoms with Crippen LogP contribution in [0.3, 0.4) is 0 Å². The van der Waals surface area contributed by atoms with Gasteiger partial charge in [0, 0.05) is 74.1 Å². The molecular formula is C29H32F2N6. The maximum absolute atomic E-state index is 13.5. The maximum atomic E-state index is 13.5. The third-order valence-corrected chi connectivity index (χ3v) is 7.62. The van der Waals surface area contributed by atoms with Crippen molar-refractivity contribution in [2.45, 2.75) is 51.1 Å². The SMILES string of the molecule is FC1(F)CCN(Cc2cncc(-c3ccc4[nH]nc(-c5ccc(CN6CCCCC6)nc5)c4c3)c2)CC1. The minimum atomic E-state index is -2.53. The van der Waals surface area contributed by atoms with Gasteiger partial charge in [0.15, 0.2) is 0 Å². The van der Waals surface area contributed by atoms with Crippen molar-refractivity contribution in [2.24, 2.45) is 0 Å². The summed E-state index contributed by atoms with van der Waals surface area (Å²) in [5.74, 6) is -2.53. The zero-order valence-electron chi connectivity index (χ0n) is 21.0. The first-order valence-electron chi connectivity index (χ1n) is 13.2. The van der Waals surface area contributed by atoms with E-state index < -0.39 is 5.92 Å². The van der Waals surface area contributed by atoms with Crippen LogP contribution in [-0.4, -0.2) is 62.1 Å². The van der Waals surface area contributed by atoms with Crippen LogP contribution in [0.5, 0.6) is 0 Å². The third kappa shape index (κ3) is 5.55. The Bertz CT molecular complexity index is 1350. The molecule has 2 saturated heterocycles. The molecule has 0 radical (unpaired) electrons. The van der Waals surface area contributed by atoms with Crippen molar-refractivity contribution in [1.29, 1.82) is 0 Å². The van der Waals surface area contributed by atoms with Gasteiger partial charge in [-0.3, -0.25) is 24.9 Å². The second-order valence-electron chi connectivity index (χ2n) is 10.4. The number of rotatable bonds is 6. The number of aromatic nitrogens is 4. The van der Waals surface area contributed by atoms with Gasteiger partial charge < -0.3 is 0 Å². The summed E-state index contributed by atoms with van der Waals surface area (Å²) >= 11 is 0. The number of aromatic amines is 1.